The molecule has 0 fully saturated rings. The minimum absolute atomic E-state index is 0.186. The molecule has 4 aromatic carbocycles. The molecule has 0 saturated heterocycles. The number of anilines is 2. The molecule has 0 unspecified atom stereocenters. The molecule has 4 aromatic rings. The second-order valence-electron chi connectivity index (χ2n) is 12.0. The molecular formula is C37H43N3O6S. The van der Waals surface area contributed by atoms with Crippen LogP contribution >= 0.6 is 0 Å². The SMILES string of the molecule is Cc1c(NS(C)(=O)=O)cccc1N(Cc1ccccc1)Cc1ccc(Oc2ccc(CCCC(=O)N[C@@H](C(=O)O)C(C)C)cc2)cc1. The van der Waals surface area contributed by atoms with Gasteiger partial charge in [0.05, 0.1) is 11.9 Å². The number of carboxylic acids is 1. The van der Waals surface area contributed by atoms with E-state index in [4.69, 9.17) is 4.74 Å². The standard InChI is InChI=1S/C37H43N3O6S/c1-26(2)36(37(42)43)38-35(41)15-8-12-28-16-20-31(21-17-28)46-32-22-18-30(19-23-32)25-40(24-29-10-6-5-7-11-29)34-14-9-13-33(27(34)3)39-47(4,44)45/h5-7,9-11,13-14,16-23,26,36,39H,8,12,15,24-25H2,1-4H3,(H,38,41)(H,42,43)/t36-/m1/s1. The first-order chi connectivity index (χ1) is 22.4. The van der Waals surface area contributed by atoms with Gasteiger partial charge in [-0.25, -0.2) is 13.2 Å². The zero-order valence-electron chi connectivity index (χ0n) is 27.3. The van der Waals surface area contributed by atoms with E-state index in [2.05, 4.69) is 27.1 Å². The highest BCUT2D eigenvalue weighted by atomic mass is 32.2. The predicted molar refractivity (Wildman–Crippen MR) is 186 cm³/mol. The molecule has 0 aliphatic carbocycles. The quantitative estimate of drug-likeness (QED) is 0.120. The first kappa shape index (κ1) is 35.0. The second kappa shape index (κ2) is 16.1. The Morgan fingerprint density at radius 3 is 1.94 bits per heavy atom. The Kier molecular flexibility index (Phi) is 12.0. The molecule has 3 N–H and O–H groups in total. The Hall–Kier alpha value is -4.83. The van der Waals surface area contributed by atoms with Crippen molar-refractivity contribution in [2.75, 3.05) is 15.9 Å². The average molecular weight is 658 g/mol. The summed E-state index contributed by atoms with van der Waals surface area (Å²) in [7, 11) is -3.42. The first-order valence-corrected chi connectivity index (χ1v) is 17.5. The maximum Gasteiger partial charge on any atom is 0.326 e. The molecule has 10 heteroatoms. The van der Waals surface area contributed by atoms with Crippen LogP contribution in [0.1, 0.15) is 48.9 Å². The van der Waals surface area contributed by atoms with Crippen molar-refractivity contribution < 1.29 is 27.9 Å². The van der Waals surface area contributed by atoms with Crippen molar-refractivity contribution >= 4 is 33.3 Å². The molecule has 9 nitrogen and oxygen atoms in total. The molecule has 1 atom stereocenters. The number of ether oxygens (including phenoxy) is 1. The van der Waals surface area contributed by atoms with Crippen LogP contribution in [-0.2, 0) is 39.1 Å². The van der Waals surface area contributed by atoms with E-state index < -0.39 is 22.0 Å². The van der Waals surface area contributed by atoms with Crippen LogP contribution in [0.2, 0.25) is 0 Å². The number of hydrogen-bond acceptors (Lipinski definition) is 6. The number of aliphatic carboxylic acids is 1. The largest absolute Gasteiger partial charge is 0.480 e. The topological polar surface area (TPSA) is 125 Å². The van der Waals surface area contributed by atoms with E-state index in [1.807, 2.05) is 85.8 Å². The van der Waals surface area contributed by atoms with Gasteiger partial charge in [-0.15, -0.1) is 0 Å². The van der Waals surface area contributed by atoms with E-state index in [-0.39, 0.29) is 18.2 Å². The highest BCUT2D eigenvalue weighted by Crippen LogP contribution is 2.31. The summed E-state index contributed by atoms with van der Waals surface area (Å²) in [5, 5.41) is 11.9. The molecule has 0 heterocycles. The zero-order chi connectivity index (χ0) is 34.0. The van der Waals surface area contributed by atoms with Gasteiger partial charge in [0.2, 0.25) is 15.9 Å². The zero-order valence-corrected chi connectivity index (χ0v) is 28.1. The number of carbonyl (C=O) groups is 2. The van der Waals surface area contributed by atoms with Gasteiger partial charge < -0.3 is 20.1 Å². The summed E-state index contributed by atoms with van der Waals surface area (Å²) in [6, 6.07) is 30.5. The molecule has 0 saturated carbocycles. The second-order valence-corrected chi connectivity index (χ2v) is 13.8. The van der Waals surface area contributed by atoms with E-state index in [1.165, 1.54) is 0 Å². The van der Waals surface area contributed by atoms with Crippen molar-refractivity contribution in [3.8, 4) is 11.5 Å². The molecule has 47 heavy (non-hydrogen) atoms. The summed E-state index contributed by atoms with van der Waals surface area (Å²) in [6.07, 6.45) is 2.70. The van der Waals surface area contributed by atoms with Crippen molar-refractivity contribution in [2.45, 2.75) is 59.2 Å². The summed E-state index contributed by atoms with van der Waals surface area (Å²) in [4.78, 5) is 25.7. The number of carboxylic acid groups (broad SMARTS) is 1. The number of nitrogens with one attached hydrogen (secondary N) is 2. The van der Waals surface area contributed by atoms with Gasteiger partial charge in [0.1, 0.15) is 17.5 Å². The smallest absolute Gasteiger partial charge is 0.326 e. The number of benzene rings is 4. The van der Waals surface area contributed by atoms with Gasteiger partial charge in [0, 0.05) is 25.2 Å². The maximum atomic E-state index is 12.2. The summed E-state index contributed by atoms with van der Waals surface area (Å²) in [6.45, 7) is 6.69. The number of sulfonamides is 1. The fourth-order valence-corrected chi connectivity index (χ4v) is 5.88. The van der Waals surface area contributed by atoms with Crippen LogP contribution in [-0.4, -0.2) is 37.7 Å². The van der Waals surface area contributed by atoms with Gasteiger partial charge in [-0.3, -0.25) is 9.52 Å². The van der Waals surface area contributed by atoms with Crippen LogP contribution in [0.5, 0.6) is 11.5 Å². The van der Waals surface area contributed by atoms with Gasteiger partial charge in [-0.2, -0.15) is 0 Å². The lowest BCUT2D eigenvalue weighted by Gasteiger charge is -2.28. The summed E-state index contributed by atoms with van der Waals surface area (Å²) in [5.74, 6) is -0.0795. The number of amides is 1. The summed E-state index contributed by atoms with van der Waals surface area (Å²) >= 11 is 0. The van der Waals surface area contributed by atoms with Crippen LogP contribution in [0.25, 0.3) is 0 Å². The molecule has 0 aliphatic rings. The Balaban J connectivity index is 1.37. The van der Waals surface area contributed by atoms with E-state index in [0.29, 0.717) is 43.1 Å². The number of hydrogen-bond donors (Lipinski definition) is 3. The number of rotatable bonds is 16. The van der Waals surface area contributed by atoms with Gasteiger partial charge in [0.25, 0.3) is 0 Å². The van der Waals surface area contributed by atoms with Gasteiger partial charge in [0.15, 0.2) is 0 Å². The van der Waals surface area contributed by atoms with E-state index in [0.717, 1.165) is 34.2 Å². The molecule has 4 rings (SSSR count). The fourth-order valence-electron chi connectivity index (χ4n) is 5.26. The predicted octanol–water partition coefficient (Wildman–Crippen LogP) is 6.91. The van der Waals surface area contributed by atoms with Crippen LogP contribution in [0.3, 0.4) is 0 Å². The van der Waals surface area contributed by atoms with Crippen molar-refractivity contribution in [2.24, 2.45) is 5.92 Å². The Bertz CT molecular complexity index is 1740. The van der Waals surface area contributed by atoms with Crippen LogP contribution in [0.4, 0.5) is 11.4 Å². The maximum absolute atomic E-state index is 12.2. The molecular weight excluding hydrogens is 614 g/mol. The molecule has 0 radical (unpaired) electrons. The van der Waals surface area contributed by atoms with Gasteiger partial charge in [-0.05, 0) is 84.3 Å². The van der Waals surface area contributed by atoms with Crippen molar-refractivity contribution in [1.82, 2.24) is 5.32 Å². The number of nitrogens with zero attached hydrogens (tertiary/aromatic N) is 1. The molecule has 0 bridgehead atoms. The fraction of sp³-hybridized carbons (Fsp3) is 0.297. The monoisotopic (exact) mass is 657 g/mol. The third-order valence-electron chi connectivity index (χ3n) is 7.73. The summed E-state index contributed by atoms with van der Waals surface area (Å²) in [5.41, 5.74) is 5.60. The lowest BCUT2D eigenvalue weighted by Crippen LogP contribution is -2.44. The highest BCUT2D eigenvalue weighted by molar-refractivity contribution is 7.92. The first-order valence-electron chi connectivity index (χ1n) is 15.6. The minimum Gasteiger partial charge on any atom is -0.480 e. The normalized spacial score (nSPS) is 11.9. The lowest BCUT2D eigenvalue weighted by atomic mass is 10.0. The molecule has 1 amide bonds. The Morgan fingerprint density at radius 2 is 1.38 bits per heavy atom. The van der Waals surface area contributed by atoms with E-state index in [9.17, 15) is 23.1 Å². The minimum atomic E-state index is -3.42. The summed E-state index contributed by atoms with van der Waals surface area (Å²) < 4.78 is 32.6. The molecule has 248 valence electrons. The van der Waals surface area contributed by atoms with E-state index in [1.54, 1.807) is 19.9 Å². The number of aryl methyl sites for hydroxylation is 1. The van der Waals surface area contributed by atoms with Gasteiger partial charge in [-0.1, -0.05) is 74.5 Å². The van der Waals surface area contributed by atoms with Gasteiger partial charge >= 0.3 is 5.97 Å². The number of carbonyl (C=O) groups excluding carboxylic acids is 1. The van der Waals surface area contributed by atoms with Crippen molar-refractivity contribution in [1.29, 1.82) is 0 Å². The lowest BCUT2D eigenvalue weighted by molar-refractivity contribution is -0.143. The Morgan fingerprint density at radius 1 is 0.809 bits per heavy atom. The molecule has 0 spiro atoms. The molecule has 0 aliphatic heterocycles. The highest BCUT2D eigenvalue weighted by Gasteiger charge is 2.23. The van der Waals surface area contributed by atoms with E-state index >= 15 is 0 Å². The van der Waals surface area contributed by atoms with Crippen LogP contribution in [0, 0.1) is 12.8 Å². The van der Waals surface area contributed by atoms with Crippen LogP contribution < -0.4 is 19.7 Å². The average Bonchev–Trinajstić information content (AvgIpc) is 3.02. The third-order valence-corrected chi connectivity index (χ3v) is 8.32. The third kappa shape index (κ3) is 10.9. The molecule has 0 aromatic heterocycles. The van der Waals surface area contributed by atoms with Crippen molar-refractivity contribution in [3.63, 3.8) is 0 Å². The van der Waals surface area contributed by atoms with Crippen LogP contribution in [0.15, 0.2) is 97.1 Å². The van der Waals surface area contributed by atoms with Crippen molar-refractivity contribution in [3.05, 3.63) is 119 Å². The Labute approximate surface area is 277 Å².